The van der Waals surface area contributed by atoms with E-state index in [9.17, 15) is 13.2 Å². The number of anilines is 2. The quantitative estimate of drug-likeness (QED) is 0.641. The van der Waals surface area contributed by atoms with Crippen LogP contribution in [0.25, 0.3) is 0 Å². The molecule has 2 N–H and O–H groups in total. The summed E-state index contributed by atoms with van der Waals surface area (Å²) in [6.07, 6.45) is 0.908. The van der Waals surface area contributed by atoms with E-state index in [1.165, 1.54) is 12.1 Å². The number of sulfonamides is 1. The van der Waals surface area contributed by atoms with Crippen LogP contribution in [0.2, 0.25) is 0 Å². The monoisotopic (exact) mass is 394 g/mol. The predicted octanol–water partition coefficient (Wildman–Crippen LogP) is 4.61. The summed E-state index contributed by atoms with van der Waals surface area (Å²) < 4.78 is 27.7. The highest BCUT2D eigenvalue weighted by Gasteiger charge is 2.15. The lowest BCUT2D eigenvalue weighted by Gasteiger charge is -2.13. The lowest BCUT2D eigenvalue weighted by molar-refractivity contribution is 0.102. The van der Waals surface area contributed by atoms with Crippen LogP contribution >= 0.6 is 0 Å². The molecule has 3 aromatic rings. The first-order chi connectivity index (χ1) is 13.4. The summed E-state index contributed by atoms with van der Waals surface area (Å²) in [7, 11) is -3.70. The van der Waals surface area contributed by atoms with Crippen molar-refractivity contribution in [2.24, 2.45) is 0 Å². The van der Waals surface area contributed by atoms with Gasteiger partial charge in [-0.25, -0.2) is 8.42 Å². The van der Waals surface area contributed by atoms with Crippen LogP contribution in [-0.4, -0.2) is 14.3 Å². The molecule has 28 heavy (non-hydrogen) atoms. The van der Waals surface area contributed by atoms with Crippen molar-refractivity contribution >= 4 is 27.3 Å². The van der Waals surface area contributed by atoms with E-state index in [2.05, 4.69) is 17.0 Å². The lowest BCUT2D eigenvalue weighted by atomic mass is 10.1. The summed E-state index contributed by atoms with van der Waals surface area (Å²) in [5, 5.41) is 2.82. The number of hydrogen-bond donors (Lipinski definition) is 2. The van der Waals surface area contributed by atoms with Crippen LogP contribution < -0.4 is 10.0 Å². The SMILES string of the molecule is CCc1ccc(C(=O)Nc2ccc(C)c(NS(=O)(=O)c3ccccc3)c2)cc1. The topological polar surface area (TPSA) is 75.3 Å². The van der Waals surface area contributed by atoms with E-state index < -0.39 is 10.0 Å². The number of benzene rings is 3. The van der Waals surface area contributed by atoms with Crippen molar-refractivity contribution in [3.05, 3.63) is 89.5 Å². The Morgan fingerprint density at radius 2 is 1.61 bits per heavy atom. The van der Waals surface area contributed by atoms with Gasteiger partial charge in [0, 0.05) is 11.3 Å². The molecule has 0 atom stereocenters. The van der Waals surface area contributed by atoms with Gasteiger partial charge in [0.2, 0.25) is 0 Å². The molecular formula is C22H22N2O3S. The van der Waals surface area contributed by atoms with E-state index in [1.807, 2.05) is 12.1 Å². The smallest absolute Gasteiger partial charge is 0.261 e. The number of nitrogens with one attached hydrogen (secondary N) is 2. The average molecular weight is 394 g/mol. The predicted molar refractivity (Wildman–Crippen MR) is 112 cm³/mol. The zero-order valence-corrected chi connectivity index (χ0v) is 16.6. The minimum Gasteiger partial charge on any atom is -0.322 e. The molecule has 0 bridgehead atoms. The largest absolute Gasteiger partial charge is 0.322 e. The van der Waals surface area contributed by atoms with E-state index in [0.29, 0.717) is 16.9 Å². The first-order valence-electron chi connectivity index (χ1n) is 8.98. The molecule has 144 valence electrons. The van der Waals surface area contributed by atoms with Crippen LogP contribution in [0.4, 0.5) is 11.4 Å². The zero-order chi connectivity index (χ0) is 20.1. The Labute approximate surface area is 165 Å². The Kier molecular flexibility index (Phi) is 5.80. The highest BCUT2D eigenvalue weighted by atomic mass is 32.2. The lowest BCUT2D eigenvalue weighted by Crippen LogP contribution is -2.15. The molecule has 3 rings (SSSR count). The standard InChI is InChI=1S/C22H22N2O3S/c1-3-17-10-12-18(13-11-17)22(25)23-19-14-9-16(2)21(15-19)24-28(26,27)20-7-5-4-6-8-20/h4-15,24H,3H2,1-2H3,(H,23,25). The maximum absolute atomic E-state index is 12.6. The molecule has 0 spiro atoms. The number of amides is 1. The van der Waals surface area contributed by atoms with Crippen LogP contribution in [0.3, 0.4) is 0 Å². The van der Waals surface area contributed by atoms with Crippen LogP contribution in [0.15, 0.2) is 77.7 Å². The van der Waals surface area contributed by atoms with Gasteiger partial charge in [0.1, 0.15) is 0 Å². The number of rotatable bonds is 6. The van der Waals surface area contributed by atoms with Gasteiger partial charge in [-0.3, -0.25) is 9.52 Å². The Balaban J connectivity index is 1.80. The van der Waals surface area contributed by atoms with Gasteiger partial charge in [0.05, 0.1) is 10.6 Å². The number of aryl methyl sites for hydroxylation is 2. The van der Waals surface area contributed by atoms with Gasteiger partial charge in [-0.05, 0) is 60.9 Å². The highest BCUT2D eigenvalue weighted by molar-refractivity contribution is 7.92. The summed E-state index contributed by atoms with van der Waals surface area (Å²) >= 11 is 0. The van der Waals surface area contributed by atoms with Crippen molar-refractivity contribution in [2.75, 3.05) is 10.0 Å². The molecule has 0 saturated heterocycles. The summed E-state index contributed by atoms with van der Waals surface area (Å²) in [5.74, 6) is -0.247. The van der Waals surface area contributed by atoms with Gasteiger partial charge in [-0.1, -0.05) is 43.3 Å². The minimum absolute atomic E-state index is 0.180. The zero-order valence-electron chi connectivity index (χ0n) is 15.8. The molecule has 0 aromatic heterocycles. The third kappa shape index (κ3) is 4.58. The van der Waals surface area contributed by atoms with Crippen molar-refractivity contribution in [3.8, 4) is 0 Å². The molecule has 0 aliphatic carbocycles. The van der Waals surface area contributed by atoms with Gasteiger partial charge in [-0.15, -0.1) is 0 Å². The van der Waals surface area contributed by atoms with Crippen LogP contribution in [0, 0.1) is 6.92 Å². The fourth-order valence-corrected chi connectivity index (χ4v) is 3.85. The number of carbonyl (C=O) groups is 1. The number of carbonyl (C=O) groups excluding carboxylic acids is 1. The normalized spacial score (nSPS) is 11.1. The third-order valence-corrected chi connectivity index (χ3v) is 5.80. The summed E-state index contributed by atoms with van der Waals surface area (Å²) in [6.45, 7) is 3.86. The maximum atomic E-state index is 12.6. The van der Waals surface area contributed by atoms with Gasteiger partial charge in [0.15, 0.2) is 0 Å². The Morgan fingerprint density at radius 3 is 2.25 bits per heavy atom. The number of hydrogen-bond acceptors (Lipinski definition) is 3. The Bertz CT molecular complexity index is 1080. The Hall–Kier alpha value is -3.12. The second-order valence-electron chi connectivity index (χ2n) is 6.45. The first-order valence-corrected chi connectivity index (χ1v) is 10.5. The van der Waals surface area contributed by atoms with E-state index in [4.69, 9.17) is 0 Å². The van der Waals surface area contributed by atoms with Gasteiger partial charge in [-0.2, -0.15) is 0 Å². The molecule has 6 heteroatoms. The molecule has 0 unspecified atom stereocenters. The van der Waals surface area contributed by atoms with Crippen molar-refractivity contribution in [1.29, 1.82) is 0 Å². The average Bonchev–Trinajstić information content (AvgIpc) is 2.71. The van der Waals surface area contributed by atoms with Gasteiger partial charge < -0.3 is 5.32 Å². The molecule has 1 amide bonds. The molecule has 0 fully saturated rings. The first kappa shape index (κ1) is 19.6. The van der Waals surface area contributed by atoms with Gasteiger partial charge >= 0.3 is 0 Å². The molecule has 3 aromatic carbocycles. The second kappa shape index (κ2) is 8.27. The maximum Gasteiger partial charge on any atom is 0.261 e. The van der Waals surface area contributed by atoms with Crippen LogP contribution in [0.1, 0.15) is 28.4 Å². The van der Waals surface area contributed by atoms with Crippen molar-refractivity contribution in [3.63, 3.8) is 0 Å². The molecule has 0 heterocycles. The van der Waals surface area contributed by atoms with E-state index in [1.54, 1.807) is 55.5 Å². The van der Waals surface area contributed by atoms with E-state index in [-0.39, 0.29) is 10.8 Å². The molecule has 0 aliphatic rings. The highest BCUT2D eigenvalue weighted by Crippen LogP contribution is 2.24. The van der Waals surface area contributed by atoms with E-state index in [0.717, 1.165) is 17.5 Å². The van der Waals surface area contributed by atoms with Gasteiger partial charge in [0.25, 0.3) is 15.9 Å². The third-order valence-electron chi connectivity index (χ3n) is 4.42. The van der Waals surface area contributed by atoms with Crippen molar-refractivity contribution < 1.29 is 13.2 Å². The molecule has 0 aliphatic heterocycles. The molecular weight excluding hydrogens is 372 g/mol. The molecule has 0 saturated carbocycles. The fraction of sp³-hybridized carbons (Fsp3) is 0.136. The van der Waals surface area contributed by atoms with Crippen molar-refractivity contribution in [1.82, 2.24) is 0 Å². The Morgan fingerprint density at radius 1 is 0.929 bits per heavy atom. The molecule has 5 nitrogen and oxygen atoms in total. The summed E-state index contributed by atoms with van der Waals surface area (Å²) in [6, 6.07) is 20.7. The van der Waals surface area contributed by atoms with Crippen molar-refractivity contribution in [2.45, 2.75) is 25.2 Å². The summed E-state index contributed by atoms with van der Waals surface area (Å²) in [4.78, 5) is 12.6. The second-order valence-corrected chi connectivity index (χ2v) is 8.14. The van der Waals surface area contributed by atoms with Crippen LogP contribution in [-0.2, 0) is 16.4 Å². The van der Waals surface area contributed by atoms with E-state index >= 15 is 0 Å². The van der Waals surface area contributed by atoms with Crippen LogP contribution in [0.5, 0.6) is 0 Å². The summed E-state index contributed by atoms with van der Waals surface area (Å²) in [5.41, 5.74) is 3.39. The minimum atomic E-state index is -3.70. The molecule has 0 radical (unpaired) electrons. The fourth-order valence-electron chi connectivity index (χ4n) is 2.71.